The van der Waals surface area contributed by atoms with E-state index < -0.39 is 0 Å². The van der Waals surface area contributed by atoms with Crippen LogP contribution in [0.4, 0.5) is 0 Å². The maximum Gasteiger partial charge on any atom is 0.145 e. The highest BCUT2D eigenvalue weighted by molar-refractivity contribution is 6.04. The zero-order chi connectivity index (χ0) is 34.0. The van der Waals surface area contributed by atoms with Gasteiger partial charge in [-0.3, -0.25) is 4.57 Å². The molecule has 0 amide bonds. The van der Waals surface area contributed by atoms with E-state index in [1.54, 1.807) is 0 Å². The quantitative estimate of drug-likeness (QED) is 0.186. The van der Waals surface area contributed by atoms with Gasteiger partial charge in [0.15, 0.2) is 0 Å². The van der Waals surface area contributed by atoms with E-state index in [0.717, 1.165) is 50.8 Å². The highest BCUT2D eigenvalue weighted by atomic mass is 15.1. The first-order chi connectivity index (χ1) is 25.3. The van der Waals surface area contributed by atoms with Gasteiger partial charge in [-0.15, -0.1) is 0 Å². The molecule has 4 heteroatoms. The molecule has 242 valence electrons. The van der Waals surface area contributed by atoms with E-state index in [2.05, 4.69) is 186 Å². The van der Waals surface area contributed by atoms with Crippen molar-refractivity contribution in [2.75, 3.05) is 0 Å². The van der Waals surface area contributed by atoms with E-state index in [0.29, 0.717) is 0 Å². The second-order valence-electron chi connectivity index (χ2n) is 12.7. The first kappa shape index (κ1) is 30.3. The molecular formula is C47H34N4. The van der Waals surface area contributed by atoms with Crippen molar-refractivity contribution in [3.8, 4) is 39.3 Å². The monoisotopic (exact) mass is 654 g/mol. The van der Waals surface area contributed by atoms with Crippen molar-refractivity contribution in [2.24, 2.45) is 4.99 Å². The van der Waals surface area contributed by atoms with Crippen LogP contribution in [0.3, 0.4) is 0 Å². The molecule has 0 bridgehead atoms. The average Bonchev–Trinajstić information content (AvgIpc) is 3.62. The van der Waals surface area contributed by atoms with Gasteiger partial charge in [0.05, 0.1) is 22.8 Å². The first-order valence-corrected chi connectivity index (χ1v) is 17.3. The summed E-state index contributed by atoms with van der Waals surface area (Å²) in [6.07, 6.45) is 2.23. The third-order valence-electron chi connectivity index (χ3n) is 9.48. The van der Waals surface area contributed by atoms with Gasteiger partial charge >= 0.3 is 0 Å². The number of hydrogen-bond acceptors (Lipinski definition) is 3. The Morgan fingerprint density at radius 3 is 1.67 bits per heavy atom. The van der Waals surface area contributed by atoms with Crippen molar-refractivity contribution in [3.63, 3.8) is 0 Å². The van der Waals surface area contributed by atoms with Crippen LogP contribution in [0.5, 0.6) is 0 Å². The minimum Gasteiger partial charge on any atom is -0.359 e. The predicted octanol–water partition coefficient (Wildman–Crippen LogP) is 11.2. The van der Waals surface area contributed by atoms with E-state index in [4.69, 9.17) is 9.98 Å². The molecule has 1 atom stereocenters. The molecule has 0 fully saturated rings. The van der Waals surface area contributed by atoms with Crippen LogP contribution in [0, 0.1) is 0 Å². The number of imidazole rings is 1. The minimum absolute atomic E-state index is 0.0799. The number of benzene rings is 7. The molecule has 51 heavy (non-hydrogen) atoms. The number of hydrogen-bond donors (Lipinski definition) is 1. The van der Waals surface area contributed by atoms with E-state index >= 15 is 0 Å². The van der Waals surface area contributed by atoms with Crippen molar-refractivity contribution >= 4 is 22.6 Å². The standard InChI is InChI=1S/C47H34N4/c1-4-13-33(14-5-1)35-23-27-37(28-24-35)43-32-44(38-29-25-36(26-30-38)34-15-6-2-7-16-34)49-46(48-43)39-17-12-18-40(31-39)47-50-42-21-10-11-22-45(42)51(47)41-19-8-3-9-20-41/h1-32,43H,(H,48,49). The number of para-hydroxylation sites is 3. The summed E-state index contributed by atoms with van der Waals surface area (Å²) in [4.78, 5) is 10.4. The van der Waals surface area contributed by atoms with Gasteiger partial charge in [0.1, 0.15) is 11.7 Å². The van der Waals surface area contributed by atoms with E-state index in [1.165, 1.54) is 27.8 Å². The summed E-state index contributed by atoms with van der Waals surface area (Å²) >= 11 is 0. The molecule has 0 saturated carbocycles. The molecule has 1 unspecified atom stereocenters. The van der Waals surface area contributed by atoms with Crippen LogP contribution in [0.15, 0.2) is 199 Å². The normalized spacial score (nSPS) is 14.1. The molecule has 0 aliphatic carbocycles. The Morgan fingerprint density at radius 1 is 0.451 bits per heavy atom. The second-order valence-corrected chi connectivity index (χ2v) is 12.7. The molecule has 1 aromatic heterocycles. The summed E-state index contributed by atoms with van der Waals surface area (Å²) in [7, 11) is 0. The van der Waals surface area contributed by atoms with Crippen LogP contribution >= 0.6 is 0 Å². The van der Waals surface area contributed by atoms with Gasteiger partial charge in [-0.25, -0.2) is 9.98 Å². The van der Waals surface area contributed by atoms with Gasteiger partial charge in [-0.1, -0.05) is 158 Å². The summed E-state index contributed by atoms with van der Waals surface area (Å²) in [5, 5.41) is 3.78. The average molecular weight is 655 g/mol. The summed E-state index contributed by atoms with van der Waals surface area (Å²) in [6, 6.07) is 65.8. The summed E-state index contributed by atoms with van der Waals surface area (Å²) < 4.78 is 2.24. The highest BCUT2D eigenvalue weighted by Crippen LogP contribution is 2.33. The molecule has 1 aliphatic rings. The summed E-state index contributed by atoms with van der Waals surface area (Å²) in [6.45, 7) is 0. The minimum atomic E-state index is -0.0799. The molecule has 1 aliphatic heterocycles. The molecule has 4 nitrogen and oxygen atoms in total. The number of nitrogens with one attached hydrogen (secondary N) is 1. The number of rotatable bonds is 7. The van der Waals surface area contributed by atoms with E-state index in [1.807, 2.05) is 18.2 Å². The third-order valence-corrected chi connectivity index (χ3v) is 9.48. The molecule has 9 rings (SSSR count). The van der Waals surface area contributed by atoms with Crippen LogP contribution in [-0.2, 0) is 0 Å². The van der Waals surface area contributed by atoms with Crippen molar-refractivity contribution in [2.45, 2.75) is 6.04 Å². The van der Waals surface area contributed by atoms with Crippen molar-refractivity contribution in [1.29, 1.82) is 0 Å². The van der Waals surface area contributed by atoms with Gasteiger partial charge in [0.2, 0.25) is 0 Å². The Kier molecular flexibility index (Phi) is 7.88. The zero-order valence-corrected chi connectivity index (χ0v) is 27.9. The number of fused-ring (bicyclic) bond motifs is 1. The molecule has 0 saturated heterocycles. The second kappa shape index (κ2) is 13.3. The van der Waals surface area contributed by atoms with Crippen molar-refractivity contribution in [3.05, 3.63) is 211 Å². The predicted molar refractivity (Wildman–Crippen MR) is 211 cm³/mol. The highest BCUT2D eigenvalue weighted by Gasteiger charge is 2.21. The maximum atomic E-state index is 5.26. The van der Waals surface area contributed by atoms with Crippen molar-refractivity contribution in [1.82, 2.24) is 14.9 Å². The maximum absolute atomic E-state index is 5.26. The zero-order valence-electron chi connectivity index (χ0n) is 27.9. The van der Waals surface area contributed by atoms with Crippen LogP contribution in [0.2, 0.25) is 0 Å². The molecule has 0 radical (unpaired) electrons. The Hall–Kier alpha value is -6.78. The Balaban J connectivity index is 1.12. The lowest BCUT2D eigenvalue weighted by molar-refractivity contribution is 0.781. The largest absolute Gasteiger partial charge is 0.359 e. The third kappa shape index (κ3) is 6.04. The number of aliphatic imine (C=N–C) groups is 1. The topological polar surface area (TPSA) is 42.2 Å². The van der Waals surface area contributed by atoms with Crippen LogP contribution in [-0.4, -0.2) is 15.4 Å². The molecule has 1 N–H and O–H groups in total. The molecule has 8 aromatic rings. The SMILES string of the molecule is C1=C(c2ccc(-c3ccccc3)cc2)N=C(c2cccc(-c3nc4ccccc4n3-c3ccccc3)c2)NC1c1ccc(-c2ccccc2)cc1. The smallest absolute Gasteiger partial charge is 0.145 e. The first-order valence-electron chi connectivity index (χ1n) is 17.3. The van der Waals surface area contributed by atoms with E-state index in [-0.39, 0.29) is 6.04 Å². The number of amidine groups is 1. The van der Waals surface area contributed by atoms with Crippen LogP contribution in [0.1, 0.15) is 22.7 Å². The van der Waals surface area contributed by atoms with Gasteiger partial charge in [-0.2, -0.15) is 0 Å². The molecule has 7 aromatic carbocycles. The van der Waals surface area contributed by atoms with E-state index in [9.17, 15) is 0 Å². The van der Waals surface area contributed by atoms with Crippen molar-refractivity contribution < 1.29 is 0 Å². The van der Waals surface area contributed by atoms with Crippen LogP contribution < -0.4 is 5.32 Å². The van der Waals surface area contributed by atoms with Gasteiger partial charge in [0.25, 0.3) is 0 Å². The fraction of sp³-hybridized carbons (Fsp3) is 0.0213. The fourth-order valence-corrected chi connectivity index (χ4v) is 6.87. The lowest BCUT2D eigenvalue weighted by atomic mass is 9.96. The van der Waals surface area contributed by atoms with Gasteiger partial charge in [-0.05, 0) is 69.8 Å². The Bertz CT molecular complexity index is 2510. The molecular weight excluding hydrogens is 621 g/mol. The summed E-state index contributed by atoms with van der Waals surface area (Å²) in [5.74, 6) is 1.71. The Morgan fingerprint density at radius 2 is 0.980 bits per heavy atom. The van der Waals surface area contributed by atoms with Crippen LogP contribution in [0.25, 0.3) is 56.1 Å². The number of nitrogens with zero attached hydrogens (tertiary/aromatic N) is 3. The Labute approximate surface area is 297 Å². The van der Waals surface area contributed by atoms with Gasteiger partial charge < -0.3 is 5.32 Å². The van der Waals surface area contributed by atoms with Gasteiger partial charge in [0, 0.05) is 16.8 Å². The summed E-state index contributed by atoms with van der Waals surface area (Å²) in [5.41, 5.74) is 13.1. The molecule has 0 spiro atoms. The lowest BCUT2D eigenvalue weighted by Crippen LogP contribution is -2.31. The molecule has 2 heterocycles. The lowest BCUT2D eigenvalue weighted by Gasteiger charge is -2.25. The fourth-order valence-electron chi connectivity index (χ4n) is 6.87. The number of aromatic nitrogens is 2.